The van der Waals surface area contributed by atoms with Crippen LogP contribution in [0.25, 0.3) is 78.8 Å². The van der Waals surface area contributed by atoms with Crippen molar-refractivity contribution in [3.63, 3.8) is 0 Å². The summed E-state index contributed by atoms with van der Waals surface area (Å²) in [6, 6.07) is 66.6. The minimum atomic E-state index is -0.427. The Morgan fingerprint density at radius 2 is 0.800 bits per heavy atom. The van der Waals surface area contributed by atoms with Gasteiger partial charge in [0.1, 0.15) is 0 Å². The summed E-state index contributed by atoms with van der Waals surface area (Å²) in [5.41, 5.74) is 16.8. The van der Waals surface area contributed by atoms with E-state index in [0.717, 1.165) is 39.1 Å². The van der Waals surface area contributed by atoms with Crippen molar-refractivity contribution in [2.45, 2.75) is 5.41 Å². The van der Waals surface area contributed by atoms with Crippen LogP contribution in [0.3, 0.4) is 0 Å². The van der Waals surface area contributed by atoms with Gasteiger partial charge in [-0.1, -0.05) is 170 Å². The molecular formula is C51H32N4. The van der Waals surface area contributed by atoms with Gasteiger partial charge in [0, 0.05) is 28.5 Å². The molecule has 256 valence electrons. The second kappa shape index (κ2) is 12.4. The maximum Gasteiger partial charge on any atom is 0.164 e. The quantitative estimate of drug-likeness (QED) is 0.179. The molecule has 4 nitrogen and oxygen atoms in total. The van der Waals surface area contributed by atoms with Gasteiger partial charge in [0.2, 0.25) is 0 Å². The van der Waals surface area contributed by atoms with E-state index in [9.17, 15) is 0 Å². The van der Waals surface area contributed by atoms with Crippen molar-refractivity contribution in [1.29, 1.82) is 0 Å². The third-order valence-corrected chi connectivity index (χ3v) is 11.2. The van der Waals surface area contributed by atoms with Crippen LogP contribution in [0, 0.1) is 0 Å². The molecule has 2 aliphatic carbocycles. The number of aromatic nitrogens is 4. The normalized spacial score (nSPS) is 12.9. The van der Waals surface area contributed by atoms with Gasteiger partial charge < -0.3 is 0 Å². The minimum absolute atomic E-state index is 0.427. The van der Waals surface area contributed by atoms with E-state index in [4.69, 9.17) is 15.0 Å². The van der Waals surface area contributed by atoms with Crippen LogP contribution in [0.5, 0.6) is 0 Å². The van der Waals surface area contributed by atoms with Crippen molar-refractivity contribution in [3.8, 4) is 78.8 Å². The predicted octanol–water partition coefficient (Wildman–Crippen LogP) is 11.9. The molecule has 0 aliphatic heterocycles. The van der Waals surface area contributed by atoms with E-state index >= 15 is 0 Å². The molecule has 2 aromatic heterocycles. The summed E-state index contributed by atoms with van der Waals surface area (Å²) >= 11 is 0. The highest BCUT2D eigenvalue weighted by atomic mass is 15.0. The maximum atomic E-state index is 5.25. The molecule has 0 atom stereocenters. The SMILES string of the molecule is c1ccc(-c2nc(-c3cccc(-c4ccccn4)c3)nc(-c3ccccc3-c3cccc4c3-c3ccccc3C43c4ccccc4-c4ccccc43)n2)cc1. The Morgan fingerprint density at radius 1 is 0.309 bits per heavy atom. The fourth-order valence-corrected chi connectivity index (χ4v) is 8.97. The minimum Gasteiger partial charge on any atom is -0.256 e. The van der Waals surface area contributed by atoms with E-state index in [1.54, 1.807) is 0 Å². The molecule has 0 bridgehead atoms. The van der Waals surface area contributed by atoms with Gasteiger partial charge in [0.15, 0.2) is 17.5 Å². The number of hydrogen-bond donors (Lipinski definition) is 0. The first kappa shape index (κ1) is 31.2. The van der Waals surface area contributed by atoms with Crippen molar-refractivity contribution in [1.82, 2.24) is 19.9 Å². The van der Waals surface area contributed by atoms with E-state index in [2.05, 4.69) is 151 Å². The molecule has 0 saturated heterocycles. The highest BCUT2D eigenvalue weighted by molar-refractivity contribution is 6.01. The first-order valence-electron chi connectivity index (χ1n) is 18.6. The highest BCUT2D eigenvalue weighted by Gasteiger charge is 2.52. The van der Waals surface area contributed by atoms with Crippen LogP contribution < -0.4 is 0 Å². The second-order valence-corrected chi connectivity index (χ2v) is 14.1. The summed E-state index contributed by atoms with van der Waals surface area (Å²) in [4.78, 5) is 20.1. The standard InChI is InChI=1S/C51H32N4/c1-2-16-33(17-3-1)48-53-49(35-19-14-18-34(32-35)46-30-12-13-31-52-46)55-50(54-48)40-23-5-4-20-36(40)39-25-15-29-45-47(39)41-24-8-11-28-44(41)51(45)42-26-9-6-21-37(42)38-22-7-10-27-43(38)51/h1-32H. The zero-order valence-electron chi connectivity index (χ0n) is 29.8. The van der Waals surface area contributed by atoms with E-state index in [1.807, 2.05) is 48.7 Å². The van der Waals surface area contributed by atoms with Crippen LogP contribution in [0.4, 0.5) is 0 Å². The van der Waals surface area contributed by atoms with E-state index < -0.39 is 5.41 Å². The van der Waals surface area contributed by atoms with Gasteiger partial charge in [0.05, 0.1) is 11.1 Å². The molecule has 9 aromatic rings. The van der Waals surface area contributed by atoms with Gasteiger partial charge in [-0.15, -0.1) is 0 Å². The van der Waals surface area contributed by atoms with Crippen LogP contribution in [0.15, 0.2) is 194 Å². The first-order valence-corrected chi connectivity index (χ1v) is 18.6. The molecule has 0 fully saturated rings. The summed E-state index contributed by atoms with van der Waals surface area (Å²) in [6.07, 6.45) is 1.82. The van der Waals surface area contributed by atoms with Gasteiger partial charge in [0.25, 0.3) is 0 Å². The molecule has 11 rings (SSSR count). The lowest BCUT2D eigenvalue weighted by Crippen LogP contribution is -2.25. The van der Waals surface area contributed by atoms with Gasteiger partial charge in [-0.2, -0.15) is 0 Å². The number of pyridine rings is 1. The van der Waals surface area contributed by atoms with Crippen LogP contribution in [0.1, 0.15) is 22.3 Å². The Bertz CT molecular complexity index is 2890. The zero-order valence-corrected chi connectivity index (χ0v) is 29.8. The Labute approximate surface area is 319 Å². The summed E-state index contributed by atoms with van der Waals surface area (Å²) in [5.74, 6) is 1.86. The van der Waals surface area contributed by atoms with Crippen molar-refractivity contribution >= 4 is 0 Å². The fourth-order valence-electron chi connectivity index (χ4n) is 8.97. The molecule has 2 heterocycles. The lowest BCUT2D eigenvalue weighted by Gasteiger charge is -2.30. The molecule has 7 aromatic carbocycles. The van der Waals surface area contributed by atoms with Crippen LogP contribution in [-0.2, 0) is 5.41 Å². The molecule has 1 spiro atoms. The van der Waals surface area contributed by atoms with E-state index in [-0.39, 0.29) is 0 Å². The summed E-state index contributed by atoms with van der Waals surface area (Å²) in [6.45, 7) is 0. The molecule has 0 N–H and O–H groups in total. The number of hydrogen-bond acceptors (Lipinski definition) is 4. The third kappa shape index (κ3) is 4.71. The molecule has 0 amide bonds. The number of fused-ring (bicyclic) bond motifs is 10. The van der Waals surface area contributed by atoms with Crippen molar-refractivity contribution in [3.05, 3.63) is 217 Å². The summed E-state index contributed by atoms with van der Waals surface area (Å²) in [5, 5.41) is 0. The van der Waals surface area contributed by atoms with Gasteiger partial charge in [-0.3, -0.25) is 4.98 Å². The average Bonchev–Trinajstić information content (AvgIpc) is 3.75. The summed E-state index contributed by atoms with van der Waals surface area (Å²) in [7, 11) is 0. The Balaban J connectivity index is 1.14. The molecule has 0 unspecified atom stereocenters. The first-order chi connectivity index (χ1) is 27.3. The molecule has 0 radical (unpaired) electrons. The van der Waals surface area contributed by atoms with Gasteiger partial charge in [-0.25, -0.2) is 15.0 Å². The van der Waals surface area contributed by atoms with Crippen LogP contribution in [-0.4, -0.2) is 19.9 Å². The van der Waals surface area contributed by atoms with Crippen molar-refractivity contribution < 1.29 is 0 Å². The average molecular weight is 701 g/mol. The monoisotopic (exact) mass is 700 g/mol. The predicted molar refractivity (Wildman–Crippen MR) is 221 cm³/mol. The molecule has 55 heavy (non-hydrogen) atoms. The maximum absolute atomic E-state index is 5.25. The highest BCUT2D eigenvalue weighted by Crippen LogP contribution is 2.64. The Morgan fingerprint density at radius 3 is 1.51 bits per heavy atom. The Kier molecular flexibility index (Phi) is 7.04. The molecular weight excluding hydrogens is 669 g/mol. The van der Waals surface area contributed by atoms with Crippen molar-refractivity contribution in [2.75, 3.05) is 0 Å². The topological polar surface area (TPSA) is 51.6 Å². The van der Waals surface area contributed by atoms with Crippen LogP contribution >= 0.6 is 0 Å². The van der Waals surface area contributed by atoms with E-state index in [0.29, 0.717) is 17.5 Å². The van der Waals surface area contributed by atoms with Gasteiger partial charge in [-0.05, 0) is 73.8 Å². The largest absolute Gasteiger partial charge is 0.256 e. The molecule has 2 aliphatic rings. The second-order valence-electron chi connectivity index (χ2n) is 14.1. The van der Waals surface area contributed by atoms with Gasteiger partial charge >= 0.3 is 0 Å². The zero-order chi connectivity index (χ0) is 36.3. The number of benzene rings is 7. The Hall–Kier alpha value is -7.30. The molecule has 4 heteroatoms. The number of rotatable bonds is 5. The fraction of sp³-hybridized carbons (Fsp3) is 0.0196. The summed E-state index contributed by atoms with van der Waals surface area (Å²) < 4.78 is 0. The van der Waals surface area contributed by atoms with Crippen LogP contribution in [0.2, 0.25) is 0 Å². The smallest absolute Gasteiger partial charge is 0.164 e. The third-order valence-electron chi connectivity index (χ3n) is 11.2. The van der Waals surface area contributed by atoms with E-state index in [1.165, 1.54) is 44.5 Å². The lowest BCUT2D eigenvalue weighted by molar-refractivity contribution is 0.794. The number of nitrogens with zero attached hydrogens (tertiary/aromatic N) is 4. The molecule has 0 saturated carbocycles. The lowest BCUT2D eigenvalue weighted by atomic mass is 9.70. The van der Waals surface area contributed by atoms with Crippen molar-refractivity contribution in [2.24, 2.45) is 0 Å².